The Morgan fingerprint density at radius 2 is 2.08 bits per heavy atom. The SMILES string of the molecule is C=C1CC(C)C(C)(C2(C)CO2)C1. The van der Waals surface area contributed by atoms with Crippen LogP contribution in [0.15, 0.2) is 12.2 Å². The minimum atomic E-state index is 0.159. The zero-order valence-corrected chi connectivity index (χ0v) is 8.31. The summed E-state index contributed by atoms with van der Waals surface area (Å²) < 4.78 is 5.56. The molecule has 0 bridgehead atoms. The zero-order valence-electron chi connectivity index (χ0n) is 8.31. The minimum absolute atomic E-state index is 0.159. The molecule has 1 heterocycles. The van der Waals surface area contributed by atoms with Crippen molar-refractivity contribution in [1.82, 2.24) is 0 Å². The lowest BCUT2D eigenvalue weighted by molar-refractivity contribution is 0.0990. The van der Waals surface area contributed by atoms with Crippen LogP contribution in [0.3, 0.4) is 0 Å². The predicted molar refractivity (Wildman–Crippen MR) is 50.0 cm³/mol. The Labute approximate surface area is 74.8 Å². The summed E-state index contributed by atoms with van der Waals surface area (Å²) in [6, 6.07) is 0. The standard InChI is InChI=1S/C11H18O/c1-8-5-9(2)10(3,6-8)11(4)7-12-11/h9H,1,5-7H2,2-4H3. The van der Waals surface area contributed by atoms with Gasteiger partial charge in [0.1, 0.15) is 0 Å². The largest absolute Gasteiger partial charge is 0.369 e. The van der Waals surface area contributed by atoms with Gasteiger partial charge in [0.2, 0.25) is 0 Å². The molecule has 1 aliphatic carbocycles. The highest BCUT2D eigenvalue weighted by atomic mass is 16.6. The van der Waals surface area contributed by atoms with E-state index in [4.69, 9.17) is 4.74 Å². The molecule has 3 atom stereocenters. The monoisotopic (exact) mass is 166 g/mol. The molecule has 3 unspecified atom stereocenters. The van der Waals surface area contributed by atoms with Crippen molar-refractivity contribution in [3.63, 3.8) is 0 Å². The van der Waals surface area contributed by atoms with Crippen LogP contribution in [0.5, 0.6) is 0 Å². The van der Waals surface area contributed by atoms with Crippen molar-refractivity contribution in [1.29, 1.82) is 0 Å². The van der Waals surface area contributed by atoms with Crippen LogP contribution in [0.25, 0.3) is 0 Å². The van der Waals surface area contributed by atoms with Gasteiger partial charge >= 0.3 is 0 Å². The number of allylic oxidation sites excluding steroid dienone is 1. The first kappa shape index (κ1) is 8.31. The third-order valence-corrected chi connectivity index (χ3v) is 4.09. The van der Waals surface area contributed by atoms with Crippen LogP contribution in [-0.2, 0) is 4.74 Å². The Hall–Kier alpha value is -0.300. The first-order valence-corrected chi connectivity index (χ1v) is 4.78. The van der Waals surface area contributed by atoms with Gasteiger partial charge in [0.25, 0.3) is 0 Å². The second-order valence-corrected chi connectivity index (χ2v) is 4.97. The Kier molecular flexibility index (Phi) is 1.48. The van der Waals surface area contributed by atoms with Crippen molar-refractivity contribution in [2.75, 3.05) is 6.61 Å². The molecule has 0 aromatic rings. The molecule has 68 valence electrons. The van der Waals surface area contributed by atoms with Crippen LogP contribution < -0.4 is 0 Å². The number of hydrogen-bond donors (Lipinski definition) is 0. The van der Waals surface area contributed by atoms with Crippen molar-refractivity contribution in [3.8, 4) is 0 Å². The van der Waals surface area contributed by atoms with Crippen molar-refractivity contribution in [2.24, 2.45) is 11.3 Å². The molecule has 0 amide bonds. The topological polar surface area (TPSA) is 12.5 Å². The maximum Gasteiger partial charge on any atom is 0.0947 e. The number of hydrogen-bond acceptors (Lipinski definition) is 1. The van der Waals surface area contributed by atoms with Gasteiger partial charge in [0.05, 0.1) is 12.2 Å². The fraction of sp³-hybridized carbons (Fsp3) is 0.818. The van der Waals surface area contributed by atoms with Crippen molar-refractivity contribution in [3.05, 3.63) is 12.2 Å². The zero-order chi connectivity index (χ0) is 8.98. The summed E-state index contributed by atoms with van der Waals surface area (Å²) in [6.45, 7) is 11.9. The van der Waals surface area contributed by atoms with E-state index in [0.717, 1.165) is 18.9 Å². The van der Waals surface area contributed by atoms with E-state index in [-0.39, 0.29) is 5.60 Å². The summed E-state index contributed by atoms with van der Waals surface area (Å²) in [5.41, 5.74) is 1.91. The summed E-state index contributed by atoms with van der Waals surface area (Å²) in [6.07, 6.45) is 2.35. The molecule has 1 saturated carbocycles. The van der Waals surface area contributed by atoms with Crippen molar-refractivity contribution in [2.45, 2.75) is 39.2 Å². The lowest BCUT2D eigenvalue weighted by Gasteiger charge is -2.33. The van der Waals surface area contributed by atoms with Crippen LogP contribution in [0.4, 0.5) is 0 Å². The summed E-state index contributed by atoms with van der Waals surface area (Å²) in [5.74, 6) is 0.734. The number of rotatable bonds is 1. The van der Waals surface area contributed by atoms with Crippen molar-refractivity contribution < 1.29 is 4.74 Å². The third kappa shape index (κ3) is 0.891. The van der Waals surface area contributed by atoms with Gasteiger partial charge in [-0.1, -0.05) is 26.0 Å². The predicted octanol–water partition coefficient (Wildman–Crippen LogP) is 2.77. The van der Waals surface area contributed by atoms with E-state index >= 15 is 0 Å². The normalized spacial score (nSPS) is 52.9. The van der Waals surface area contributed by atoms with Gasteiger partial charge in [-0.25, -0.2) is 0 Å². The average molecular weight is 166 g/mol. The van der Waals surface area contributed by atoms with E-state index in [2.05, 4.69) is 27.4 Å². The second-order valence-electron chi connectivity index (χ2n) is 4.97. The molecule has 1 saturated heterocycles. The molecule has 0 radical (unpaired) electrons. The van der Waals surface area contributed by atoms with E-state index in [1.165, 1.54) is 12.0 Å². The Balaban J connectivity index is 2.25. The lowest BCUT2D eigenvalue weighted by Crippen LogP contribution is -2.35. The fourth-order valence-corrected chi connectivity index (χ4v) is 2.57. The van der Waals surface area contributed by atoms with Crippen LogP contribution in [0, 0.1) is 11.3 Å². The molecule has 12 heavy (non-hydrogen) atoms. The summed E-state index contributed by atoms with van der Waals surface area (Å²) in [4.78, 5) is 0. The first-order valence-electron chi connectivity index (χ1n) is 4.78. The molecular formula is C11H18O. The van der Waals surface area contributed by atoms with Gasteiger partial charge < -0.3 is 4.74 Å². The highest BCUT2D eigenvalue weighted by molar-refractivity contribution is 5.18. The van der Waals surface area contributed by atoms with Crippen LogP contribution >= 0.6 is 0 Å². The molecule has 1 heteroatoms. The highest BCUT2D eigenvalue weighted by Gasteiger charge is 2.59. The molecule has 0 N–H and O–H groups in total. The van der Waals surface area contributed by atoms with Crippen LogP contribution in [0.2, 0.25) is 0 Å². The van der Waals surface area contributed by atoms with Gasteiger partial charge in [-0.3, -0.25) is 0 Å². The summed E-state index contributed by atoms with van der Waals surface area (Å²) in [7, 11) is 0. The van der Waals surface area contributed by atoms with E-state index in [1.807, 2.05) is 0 Å². The fourth-order valence-electron chi connectivity index (χ4n) is 2.57. The average Bonchev–Trinajstić information content (AvgIpc) is 2.62. The smallest absolute Gasteiger partial charge is 0.0947 e. The Bertz CT molecular complexity index is 227. The van der Waals surface area contributed by atoms with Gasteiger partial charge in [0, 0.05) is 5.41 Å². The van der Waals surface area contributed by atoms with E-state index in [9.17, 15) is 0 Å². The number of epoxide rings is 1. The molecule has 0 aromatic carbocycles. The van der Waals surface area contributed by atoms with Gasteiger partial charge in [0.15, 0.2) is 0 Å². The maximum atomic E-state index is 5.56. The van der Waals surface area contributed by atoms with Crippen LogP contribution in [-0.4, -0.2) is 12.2 Å². The van der Waals surface area contributed by atoms with E-state index < -0.39 is 0 Å². The quantitative estimate of drug-likeness (QED) is 0.431. The third-order valence-electron chi connectivity index (χ3n) is 4.09. The summed E-state index contributed by atoms with van der Waals surface area (Å²) in [5, 5.41) is 0. The van der Waals surface area contributed by atoms with E-state index in [1.54, 1.807) is 0 Å². The van der Waals surface area contributed by atoms with Gasteiger partial charge in [-0.15, -0.1) is 0 Å². The molecule has 1 aliphatic heterocycles. The second kappa shape index (κ2) is 2.14. The number of ether oxygens (including phenoxy) is 1. The van der Waals surface area contributed by atoms with Crippen LogP contribution in [0.1, 0.15) is 33.6 Å². The molecule has 1 nitrogen and oxygen atoms in total. The molecule has 0 aromatic heterocycles. The Morgan fingerprint density at radius 3 is 2.42 bits per heavy atom. The molecule has 2 rings (SSSR count). The van der Waals surface area contributed by atoms with E-state index in [0.29, 0.717) is 5.41 Å². The molecule has 2 fully saturated rings. The lowest BCUT2D eigenvalue weighted by atomic mass is 9.71. The first-order chi connectivity index (χ1) is 5.48. The van der Waals surface area contributed by atoms with Gasteiger partial charge in [-0.05, 0) is 25.7 Å². The molecule has 2 aliphatic rings. The highest BCUT2D eigenvalue weighted by Crippen LogP contribution is 2.58. The molecular weight excluding hydrogens is 148 g/mol. The summed E-state index contributed by atoms with van der Waals surface area (Å²) >= 11 is 0. The van der Waals surface area contributed by atoms with Crippen molar-refractivity contribution >= 4 is 0 Å². The molecule has 0 spiro atoms. The minimum Gasteiger partial charge on any atom is -0.369 e. The Morgan fingerprint density at radius 1 is 1.50 bits per heavy atom. The van der Waals surface area contributed by atoms with Gasteiger partial charge in [-0.2, -0.15) is 0 Å². The maximum absolute atomic E-state index is 5.56.